The largest absolute Gasteiger partial charge is 0.336 e. The number of hydrogen-bond donors (Lipinski definition) is 0. The monoisotopic (exact) mass is 242 g/mol. The first-order chi connectivity index (χ1) is 8.92. The summed E-state index contributed by atoms with van der Waals surface area (Å²) in [7, 11) is 0. The molecule has 1 aliphatic rings. The number of imidazole rings is 1. The van der Waals surface area contributed by atoms with Gasteiger partial charge in [-0.05, 0) is 17.4 Å². The van der Waals surface area contributed by atoms with Crippen molar-refractivity contribution in [2.45, 2.75) is 6.54 Å². The molecule has 0 atom stereocenters. The highest BCUT2D eigenvalue weighted by molar-refractivity contribution is 5.44. The van der Waals surface area contributed by atoms with Crippen LogP contribution in [0.3, 0.4) is 0 Å². The van der Waals surface area contributed by atoms with E-state index in [0.717, 1.165) is 18.8 Å². The van der Waals surface area contributed by atoms with Gasteiger partial charge in [-0.15, -0.1) is 0 Å². The Bertz CT molecular complexity index is 507. The zero-order valence-corrected chi connectivity index (χ0v) is 9.92. The number of rotatable bonds is 4. The quantitative estimate of drug-likeness (QED) is 0.823. The maximum absolute atomic E-state index is 4.15. The van der Waals surface area contributed by atoms with E-state index in [1.54, 1.807) is 6.20 Å². The normalized spacial score (nSPS) is 14.4. The highest BCUT2D eigenvalue weighted by Crippen LogP contribution is 2.18. The van der Waals surface area contributed by atoms with Gasteiger partial charge in [-0.1, -0.05) is 23.4 Å². The zero-order valence-electron chi connectivity index (χ0n) is 9.92. The summed E-state index contributed by atoms with van der Waals surface area (Å²) < 4.78 is 2.03. The number of hydrogen-bond acceptors (Lipinski definition) is 5. The predicted octanol–water partition coefficient (Wildman–Crippen LogP) is 1.95. The van der Waals surface area contributed by atoms with Crippen LogP contribution in [-0.2, 0) is 6.54 Å². The van der Waals surface area contributed by atoms with Crippen LogP contribution < -0.4 is 5.01 Å². The molecule has 0 spiro atoms. The molecule has 2 heterocycles. The maximum Gasteiger partial charge on any atom is 0.132 e. The average molecular weight is 242 g/mol. The second-order valence-electron chi connectivity index (χ2n) is 4.09. The van der Waals surface area contributed by atoms with Crippen molar-refractivity contribution in [1.82, 2.24) is 14.6 Å². The first kappa shape index (κ1) is 10.8. The second-order valence-corrected chi connectivity index (χ2v) is 4.09. The first-order valence-electron chi connectivity index (χ1n) is 5.87. The fourth-order valence-electron chi connectivity index (χ4n) is 1.81. The molecule has 0 amide bonds. The lowest BCUT2D eigenvalue weighted by Gasteiger charge is -2.16. The van der Waals surface area contributed by atoms with E-state index < -0.39 is 0 Å². The summed E-state index contributed by atoms with van der Waals surface area (Å²) in [5, 5.41) is 12.1. The highest BCUT2D eigenvalue weighted by atomic mass is 15.8. The van der Waals surface area contributed by atoms with Crippen molar-refractivity contribution in [2.24, 2.45) is 10.4 Å². The molecule has 2 aromatic rings. The molecule has 1 aromatic heterocycles. The molecule has 1 aliphatic heterocycles. The third-order valence-electron chi connectivity index (χ3n) is 2.80. The molecule has 3 rings (SSSR count). The Labute approximate surface area is 105 Å². The third-order valence-corrected chi connectivity index (χ3v) is 2.80. The molecule has 0 unspecified atom stereocenters. The van der Waals surface area contributed by atoms with Gasteiger partial charge >= 0.3 is 0 Å². The number of anilines is 1. The first-order valence-corrected chi connectivity index (χ1v) is 5.87. The second kappa shape index (κ2) is 4.87. The summed E-state index contributed by atoms with van der Waals surface area (Å²) in [5.41, 5.74) is 1.06. The van der Waals surface area contributed by atoms with Gasteiger partial charge in [0.15, 0.2) is 0 Å². The molecule has 6 nitrogen and oxygen atoms in total. The maximum atomic E-state index is 4.15. The molecule has 0 saturated heterocycles. The van der Waals surface area contributed by atoms with E-state index in [4.69, 9.17) is 0 Å². The van der Waals surface area contributed by atoms with Crippen molar-refractivity contribution >= 4 is 5.69 Å². The Balaban J connectivity index is 1.55. The molecule has 18 heavy (non-hydrogen) atoms. The molecular formula is C12H14N6. The van der Waals surface area contributed by atoms with Crippen molar-refractivity contribution in [3.8, 4) is 0 Å². The molecular weight excluding hydrogens is 228 g/mol. The van der Waals surface area contributed by atoms with E-state index in [9.17, 15) is 0 Å². The molecule has 0 fully saturated rings. The smallest absolute Gasteiger partial charge is 0.132 e. The van der Waals surface area contributed by atoms with Crippen LogP contribution in [0.5, 0.6) is 0 Å². The zero-order chi connectivity index (χ0) is 12.2. The van der Waals surface area contributed by atoms with Crippen LogP contribution in [0.4, 0.5) is 5.69 Å². The lowest BCUT2D eigenvalue weighted by atomic mass is 10.3. The van der Waals surface area contributed by atoms with Crippen LogP contribution >= 0.6 is 0 Å². The molecule has 92 valence electrons. The Hall–Kier alpha value is -2.37. The topological polar surface area (TPSA) is 49.0 Å². The lowest BCUT2D eigenvalue weighted by molar-refractivity contribution is 0.301. The Kier molecular flexibility index (Phi) is 2.91. The molecule has 0 bridgehead atoms. The summed E-state index contributed by atoms with van der Waals surface area (Å²) in [5.74, 6) is 0. The van der Waals surface area contributed by atoms with Crippen LogP contribution in [-0.4, -0.2) is 27.8 Å². The fourth-order valence-corrected chi connectivity index (χ4v) is 1.81. The van der Waals surface area contributed by atoms with Gasteiger partial charge in [0.1, 0.15) is 6.67 Å². The minimum atomic E-state index is 0.693. The van der Waals surface area contributed by atoms with Crippen LogP contribution in [0.25, 0.3) is 0 Å². The van der Waals surface area contributed by atoms with E-state index in [2.05, 4.69) is 15.4 Å². The number of aromatic nitrogens is 2. The van der Waals surface area contributed by atoms with Crippen molar-refractivity contribution in [2.75, 3.05) is 18.2 Å². The molecule has 0 N–H and O–H groups in total. The molecule has 6 heteroatoms. The Morgan fingerprint density at radius 2 is 1.94 bits per heavy atom. The minimum Gasteiger partial charge on any atom is -0.336 e. The fraction of sp³-hybridized carbons (Fsp3) is 0.250. The predicted molar refractivity (Wildman–Crippen MR) is 67.6 cm³/mol. The van der Waals surface area contributed by atoms with Crippen molar-refractivity contribution in [3.05, 3.63) is 49.1 Å². The van der Waals surface area contributed by atoms with Gasteiger partial charge in [-0.3, -0.25) is 5.01 Å². The average Bonchev–Trinajstić information content (AvgIpc) is 3.09. The van der Waals surface area contributed by atoms with Crippen molar-refractivity contribution in [1.29, 1.82) is 0 Å². The molecule has 1 aromatic carbocycles. The molecule has 0 saturated carbocycles. The van der Waals surface area contributed by atoms with Crippen LogP contribution in [0.2, 0.25) is 0 Å². The Morgan fingerprint density at radius 3 is 2.72 bits per heavy atom. The van der Waals surface area contributed by atoms with Crippen LogP contribution in [0.1, 0.15) is 0 Å². The van der Waals surface area contributed by atoms with E-state index in [-0.39, 0.29) is 0 Å². The van der Waals surface area contributed by atoms with E-state index in [1.807, 2.05) is 57.4 Å². The van der Waals surface area contributed by atoms with Gasteiger partial charge in [0.25, 0.3) is 0 Å². The Morgan fingerprint density at radius 1 is 1.06 bits per heavy atom. The van der Waals surface area contributed by atoms with Crippen LogP contribution in [0.15, 0.2) is 59.5 Å². The molecule has 0 radical (unpaired) electrons. The number of benzene rings is 1. The van der Waals surface area contributed by atoms with Gasteiger partial charge in [-0.25, -0.2) is 9.99 Å². The number of para-hydroxylation sites is 1. The van der Waals surface area contributed by atoms with E-state index >= 15 is 0 Å². The lowest BCUT2D eigenvalue weighted by Crippen LogP contribution is -2.27. The van der Waals surface area contributed by atoms with Crippen molar-refractivity contribution < 1.29 is 0 Å². The van der Waals surface area contributed by atoms with Gasteiger partial charge in [0, 0.05) is 18.9 Å². The van der Waals surface area contributed by atoms with Gasteiger partial charge < -0.3 is 4.57 Å². The van der Waals surface area contributed by atoms with Crippen LogP contribution in [0, 0.1) is 0 Å². The van der Waals surface area contributed by atoms with Crippen molar-refractivity contribution in [3.63, 3.8) is 0 Å². The van der Waals surface area contributed by atoms with Gasteiger partial charge in [0.2, 0.25) is 0 Å². The summed E-state index contributed by atoms with van der Waals surface area (Å²) in [4.78, 5) is 4.01. The third kappa shape index (κ3) is 2.32. The summed E-state index contributed by atoms with van der Waals surface area (Å²) >= 11 is 0. The SMILES string of the molecule is c1ccc(N2CN(CCn3ccnc3)N=N2)cc1. The number of nitrogens with zero attached hydrogens (tertiary/aromatic N) is 6. The summed E-state index contributed by atoms with van der Waals surface area (Å²) in [6.45, 7) is 2.38. The summed E-state index contributed by atoms with van der Waals surface area (Å²) in [6.07, 6.45) is 5.53. The van der Waals surface area contributed by atoms with E-state index in [1.165, 1.54) is 0 Å². The van der Waals surface area contributed by atoms with Gasteiger partial charge in [-0.2, -0.15) is 0 Å². The van der Waals surface area contributed by atoms with E-state index in [0.29, 0.717) is 6.67 Å². The molecule has 0 aliphatic carbocycles. The van der Waals surface area contributed by atoms with Gasteiger partial charge in [0.05, 0.1) is 18.6 Å². The summed E-state index contributed by atoms with van der Waals surface area (Å²) in [6, 6.07) is 10.0. The highest BCUT2D eigenvalue weighted by Gasteiger charge is 2.16. The minimum absolute atomic E-state index is 0.693. The standard InChI is InChI=1S/C12H14N6/c1-2-4-12(5-3-1)18-11-17(14-15-18)9-8-16-7-6-13-10-16/h1-7,10H,8-9,11H2.